The van der Waals surface area contributed by atoms with E-state index < -0.39 is 76.0 Å². The van der Waals surface area contributed by atoms with Crippen molar-refractivity contribution in [2.75, 3.05) is 13.2 Å². The molecule has 20 nitrogen and oxygen atoms in total. The molecule has 2 rings (SSSR count). The predicted molar refractivity (Wildman–Crippen MR) is 133 cm³/mol. The molecule has 2 aromatic carbocycles. The Kier molecular flexibility index (Phi) is 12.0. The molecular formula is C20H22N4O16S2. The zero-order valence-corrected chi connectivity index (χ0v) is 23.1. The minimum Gasteiger partial charge on any atom is -0.418 e. The number of hydroxylamine groups is 2. The lowest BCUT2D eigenvalue weighted by Crippen LogP contribution is -2.32. The molecule has 2 atom stereocenters. The monoisotopic (exact) mass is 638 g/mol. The molecular weight excluding hydrogens is 616 g/mol. The second kappa shape index (κ2) is 14.9. The smallest absolute Gasteiger partial charge is 0.418 e. The van der Waals surface area contributed by atoms with Crippen LogP contribution in [0.5, 0.6) is 0 Å². The molecule has 230 valence electrons. The number of amides is 2. The van der Waals surface area contributed by atoms with Crippen LogP contribution in [0.4, 0.5) is 21.0 Å². The molecule has 0 bridgehead atoms. The van der Waals surface area contributed by atoms with Gasteiger partial charge in [0.1, 0.15) is 9.79 Å². The average Bonchev–Trinajstić information content (AvgIpc) is 2.93. The van der Waals surface area contributed by atoms with Crippen LogP contribution in [0.3, 0.4) is 0 Å². The number of hydrogen-bond donors (Lipinski definition) is 2. The number of nitro groups is 2. The highest BCUT2D eigenvalue weighted by atomic mass is 32.2. The lowest BCUT2D eigenvalue weighted by atomic mass is 10.3. The Hall–Kier alpha value is -4.48. The minimum absolute atomic E-state index is 0.242. The van der Waals surface area contributed by atoms with Gasteiger partial charge in [0.2, 0.25) is 12.6 Å². The molecule has 0 saturated carbocycles. The fraction of sp³-hybridized carbons (Fsp3) is 0.300. The van der Waals surface area contributed by atoms with E-state index in [0.717, 1.165) is 48.5 Å². The van der Waals surface area contributed by atoms with Gasteiger partial charge >= 0.3 is 32.4 Å². The maximum absolute atomic E-state index is 12.1. The first-order valence-corrected chi connectivity index (χ1v) is 13.9. The standard InChI is InChI=1S/C20H22N4O16S2/c1-13(37-19(25)21-39-41(31,32)17-7-3-5-15(11-17)23(27)28)35-9-10-36-14(2)38-20(26)22-40-42(33,34)18-8-4-6-16(12-18)24(29)30/h3-8,11-14H,9-10H2,1-2H3,(H,21,25)(H,22,26). The van der Waals surface area contributed by atoms with Crippen LogP contribution in [0.1, 0.15) is 13.8 Å². The van der Waals surface area contributed by atoms with Crippen LogP contribution >= 0.6 is 0 Å². The van der Waals surface area contributed by atoms with Crippen molar-refractivity contribution in [3.05, 3.63) is 68.8 Å². The van der Waals surface area contributed by atoms with Crippen molar-refractivity contribution in [2.45, 2.75) is 36.2 Å². The van der Waals surface area contributed by atoms with Gasteiger partial charge < -0.3 is 18.9 Å². The van der Waals surface area contributed by atoms with Crippen LogP contribution in [0.2, 0.25) is 0 Å². The number of nitrogens with one attached hydrogen (secondary N) is 2. The maximum atomic E-state index is 12.1. The second-order valence-electron chi connectivity index (χ2n) is 7.48. The Morgan fingerprint density at radius 2 is 1.10 bits per heavy atom. The largest absolute Gasteiger partial charge is 0.434 e. The van der Waals surface area contributed by atoms with Gasteiger partial charge in [-0.15, -0.1) is 8.57 Å². The summed E-state index contributed by atoms with van der Waals surface area (Å²) in [6.45, 7) is 2.02. The third-order valence-electron chi connectivity index (χ3n) is 4.44. The average molecular weight is 639 g/mol. The van der Waals surface area contributed by atoms with E-state index in [-0.39, 0.29) is 13.2 Å². The predicted octanol–water partition coefficient (Wildman–Crippen LogP) is 1.62. The van der Waals surface area contributed by atoms with Gasteiger partial charge in [0, 0.05) is 24.3 Å². The highest BCUT2D eigenvalue weighted by Gasteiger charge is 2.23. The number of benzene rings is 2. The van der Waals surface area contributed by atoms with Crippen molar-refractivity contribution < 1.29 is 63.8 Å². The van der Waals surface area contributed by atoms with Crippen LogP contribution in [0.15, 0.2) is 58.3 Å². The molecule has 0 heterocycles. The molecule has 22 heteroatoms. The van der Waals surface area contributed by atoms with Crippen molar-refractivity contribution in [3.8, 4) is 0 Å². The second-order valence-corrected chi connectivity index (χ2v) is 10.6. The van der Waals surface area contributed by atoms with Crippen LogP contribution < -0.4 is 11.0 Å². The van der Waals surface area contributed by atoms with E-state index >= 15 is 0 Å². The van der Waals surface area contributed by atoms with Crippen molar-refractivity contribution in [3.63, 3.8) is 0 Å². The van der Waals surface area contributed by atoms with Crippen molar-refractivity contribution in [2.24, 2.45) is 0 Å². The van der Waals surface area contributed by atoms with Gasteiger partial charge in [0.15, 0.2) is 0 Å². The molecule has 2 amide bonds. The first-order chi connectivity index (χ1) is 19.6. The van der Waals surface area contributed by atoms with Crippen molar-refractivity contribution in [1.29, 1.82) is 0 Å². The van der Waals surface area contributed by atoms with Crippen LogP contribution in [0, 0.1) is 20.2 Å². The Morgan fingerprint density at radius 3 is 1.43 bits per heavy atom. The van der Waals surface area contributed by atoms with Gasteiger partial charge in [-0.25, -0.2) is 9.59 Å². The molecule has 0 aliphatic carbocycles. The van der Waals surface area contributed by atoms with Gasteiger partial charge in [-0.2, -0.15) is 27.8 Å². The normalized spacial score (nSPS) is 12.9. The molecule has 0 aliphatic heterocycles. The first kappa shape index (κ1) is 33.7. The van der Waals surface area contributed by atoms with Crippen LogP contribution in [-0.4, -0.2) is 64.7 Å². The van der Waals surface area contributed by atoms with E-state index in [0.29, 0.717) is 0 Å². The maximum Gasteiger partial charge on any atom is 0.434 e. The fourth-order valence-corrected chi connectivity index (χ4v) is 4.19. The topological polar surface area (TPSA) is 268 Å². The van der Waals surface area contributed by atoms with E-state index in [9.17, 15) is 46.7 Å². The lowest BCUT2D eigenvalue weighted by Gasteiger charge is -2.17. The number of rotatable bonds is 15. The Labute approximate surface area is 236 Å². The van der Waals surface area contributed by atoms with E-state index in [1.807, 2.05) is 0 Å². The number of non-ortho nitro benzene ring substituents is 2. The van der Waals surface area contributed by atoms with E-state index in [2.05, 4.69) is 8.57 Å². The molecule has 2 aromatic rings. The summed E-state index contributed by atoms with van der Waals surface area (Å²) < 4.78 is 76.5. The van der Waals surface area contributed by atoms with Crippen molar-refractivity contribution in [1.82, 2.24) is 11.0 Å². The Bertz CT molecular complexity index is 1400. The molecule has 0 aromatic heterocycles. The number of carbonyl (C=O) groups is 2. The van der Waals surface area contributed by atoms with Gasteiger partial charge in [-0.05, 0) is 26.0 Å². The molecule has 0 aliphatic rings. The van der Waals surface area contributed by atoms with E-state index in [1.54, 1.807) is 0 Å². The number of nitro benzene ring substituents is 2. The third kappa shape index (κ3) is 10.8. The molecule has 42 heavy (non-hydrogen) atoms. The van der Waals surface area contributed by atoms with Crippen LogP contribution in [-0.2, 0) is 47.8 Å². The summed E-state index contributed by atoms with van der Waals surface area (Å²) in [6.07, 6.45) is -5.29. The van der Waals surface area contributed by atoms with Crippen LogP contribution in [0.25, 0.3) is 0 Å². The molecule has 0 radical (unpaired) electrons. The Balaban J connectivity index is 1.67. The number of ether oxygens (including phenoxy) is 4. The summed E-state index contributed by atoms with van der Waals surface area (Å²) >= 11 is 0. The molecule has 2 N–H and O–H groups in total. The van der Waals surface area contributed by atoms with Gasteiger partial charge in [0.05, 0.1) is 23.1 Å². The van der Waals surface area contributed by atoms with Gasteiger partial charge in [0.25, 0.3) is 11.4 Å². The fourth-order valence-electron chi connectivity index (χ4n) is 2.62. The summed E-state index contributed by atoms with van der Waals surface area (Å²) in [4.78, 5) is 42.2. The number of hydrogen-bond acceptors (Lipinski definition) is 16. The quantitative estimate of drug-likeness (QED) is 0.121. The third-order valence-corrected chi connectivity index (χ3v) is 6.71. The summed E-state index contributed by atoms with van der Waals surface area (Å²) in [7, 11) is -9.22. The first-order valence-electron chi connectivity index (χ1n) is 11.1. The number of carbonyl (C=O) groups excluding carboxylic acids is 2. The number of nitrogens with zero attached hydrogens (tertiary/aromatic N) is 2. The summed E-state index contributed by atoms with van der Waals surface area (Å²) in [5.41, 5.74) is 1.94. The SMILES string of the molecule is CC(OCCOC(C)OC(=O)NOS(=O)(=O)c1cccc([N+](=O)[O-])c1)OC(=O)NOS(=O)(=O)c1cccc([N+](=O)[O-])c1. The summed E-state index contributed by atoms with van der Waals surface area (Å²) in [5.74, 6) is 0. The molecule has 0 saturated heterocycles. The lowest BCUT2D eigenvalue weighted by molar-refractivity contribution is -0.385. The van der Waals surface area contributed by atoms with E-state index in [4.69, 9.17) is 18.9 Å². The van der Waals surface area contributed by atoms with Crippen molar-refractivity contribution >= 4 is 43.8 Å². The van der Waals surface area contributed by atoms with Gasteiger partial charge in [-0.1, -0.05) is 12.1 Å². The zero-order valence-electron chi connectivity index (χ0n) is 21.4. The molecule has 0 fully saturated rings. The summed E-state index contributed by atoms with van der Waals surface area (Å²) in [6, 6.07) is 7.76. The molecule has 2 unspecified atom stereocenters. The molecule has 0 spiro atoms. The highest BCUT2D eigenvalue weighted by Crippen LogP contribution is 2.19. The van der Waals surface area contributed by atoms with Gasteiger partial charge in [-0.3, -0.25) is 20.2 Å². The van der Waals surface area contributed by atoms with E-state index in [1.165, 1.54) is 24.8 Å². The summed E-state index contributed by atoms with van der Waals surface area (Å²) in [5, 5.41) is 21.6. The Morgan fingerprint density at radius 1 is 0.738 bits per heavy atom. The zero-order chi connectivity index (χ0) is 31.5. The highest BCUT2D eigenvalue weighted by molar-refractivity contribution is 7.87. The minimum atomic E-state index is -4.61.